The normalized spacial score (nSPS) is 12.7. The van der Waals surface area contributed by atoms with Gasteiger partial charge in [-0.2, -0.15) is 0 Å². The highest BCUT2D eigenvalue weighted by atomic mass is 127. The quantitative estimate of drug-likeness (QED) is 0.356. The van der Waals surface area contributed by atoms with Crippen LogP contribution < -0.4 is 15.8 Å². The number of aliphatic imine (C=N–C) groups is 1. The predicted octanol–water partition coefficient (Wildman–Crippen LogP) is 2.28. The van der Waals surface area contributed by atoms with Gasteiger partial charge in [-0.25, -0.2) is 0 Å². The van der Waals surface area contributed by atoms with Crippen molar-refractivity contribution in [2.75, 3.05) is 27.4 Å². The molecule has 1 atom stereocenters. The van der Waals surface area contributed by atoms with Crippen molar-refractivity contribution in [2.24, 2.45) is 10.7 Å². The topological polar surface area (TPSA) is 84.7 Å². The summed E-state index contributed by atoms with van der Waals surface area (Å²) in [6, 6.07) is 6.11. The standard InChI is InChI=1S/C16H24N4O2.HI/c1-11(10-21-2)20-16(17)18-8-7-12-9-19-13-5-4-6-14(22-3)15(12)13;/h4-6,9,11,19H,7-8,10H2,1-3H3,(H3,17,18,20);1H. The number of fused-ring (bicyclic) bond motifs is 1. The van der Waals surface area contributed by atoms with Crippen molar-refractivity contribution >= 4 is 40.8 Å². The number of H-pyrrole nitrogens is 1. The Hall–Kier alpha value is -1.48. The van der Waals surface area contributed by atoms with Crippen LogP contribution in [0.1, 0.15) is 12.5 Å². The molecule has 2 rings (SSSR count). The lowest BCUT2D eigenvalue weighted by Gasteiger charge is -2.13. The van der Waals surface area contributed by atoms with E-state index >= 15 is 0 Å². The molecule has 1 aromatic heterocycles. The van der Waals surface area contributed by atoms with Crippen LogP contribution in [0.4, 0.5) is 0 Å². The molecule has 128 valence electrons. The second kappa shape index (κ2) is 9.61. The van der Waals surface area contributed by atoms with E-state index in [0.29, 0.717) is 19.1 Å². The number of ether oxygens (including phenoxy) is 2. The van der Waals surface area contributed by atoms with E-state index in [9.17, 15) is 0 Å². The first kappa shape index (κ1) is 19.6. The second-order valence-electron chi connectivity index (χ2n) is 5.21. The van der Waals surface area contributed by atoms with E-state index in [1.165, 1.54) is 5.56 Å². The van der Waals surface area contributed by atoms with Gasteiger partial charge in [0.1, 0.15) is 5.75 Å². The summed E-state index contributed by atoms with van der Waals surface area (Å²) in [5.74, 6) is 1.31. The van der Waals surface area contributed by atoms with Crippen molar-refractivity contribution in [1.29, 1.82) is 0 Å². The molecule has 0 saturated heterocycles. The number of nitrogens with one attached hydrogen (secondary N) is 2. The summed E-state index contributed by atoms with van der Waals surface area (Å²) in [6.45, 7) is 3.20. The monoisotopic (exact) mass is 432 g/mol. The van der Waals surface area contributed by atoms with Crippen LogP contribution >= 0.6 is 24.0 Å². The number of aromatic nitrogens is 1. The van der Waals surface area contributed by atoms with E-state index in [-0.39, 0.29) is 30.0 Å². The molecular formula is C16H25IN4O2. The lowest BCUT2D eigenvalue weighted by Crippen LogP contribution is -2.40. The maximum Gasteiger partial charge on any atom is 0.188 e. The van der Waals surface area contributed by atoms with Gasteiger partial charge >= 0.3 is 0 Å². The molecule has 0 aliphatic carbocycles. The van der Waals surface area contributed by atoms with Gasteiger partial charge in [-0.05, 0) is 31.0 Å². The molecule has 0 saturated carbocycles. The molecule has 0 fully saturated rings. The summed E-state index contributed by atoms with van der Waals surface area (Å²) in [6.07, 6.45) is 2.79. The zero-order valence-corrected chi connectivity index (χ0v) is 16.1. The average Bonchev–Trinajstić information content (AvgIpc) is 2.91. The fraction of sp³-hybridized carbons (Fsp3) is 0.438. The Labute approximate surface area is 153 Å². The molecule has 6 nitrogen and oxygen atoms in total. The summed E-state index contributed by atoms with van der Waals surface area (Å²) < 4.78 is 10.5. The highest BCUT2D eigenvalue weighted by molar-refractivity contribution is 14.0. The number of hydrogen-bond acceptors (Lipinski definition) is 3. The molecule has 2 aromatic rings. The molecule has 0 aliphatic heterocycles. The van der Waals surface area contributed by atoms with Gasteiger partial charge in [0, 0.05) is 36.8 Å². The Bertz CT molecular complexity index is 642. The SMILES string of the molecule is COCC(C)NC(N)=NCCc1c[nH]c2cccc(OC)c12.I. The van der Waals surface area contributed by atoms with Crippen LogP contribution in [-0.4, -0.2) is 44.4 Å². The molecule has 1 heterocycles. The van der Waals surface area contributed by atoms with Crippen molar-refractivity contribution < 1.29 is 9.47 Å². The number of guanidine groups is 1. The van der Waals surface area contributed by atoms with E-state index in [1.807, 2.05) is 31.3 Å². The number of nitrogens with zero attached hydrogens (tertiary/aromatic N) is 1. The molecule has 0 amide bonds. The van der Waals surface area contributed by atoms with Gasteiger partial charge in [-0.3, -0.25) is 4.99 Å². The van der Waals surface area contributed by atoms with E-state index in [0.717, 1.165) is 23.1 Å². The number of halogens is 1. The number of nitrogens with two attached hydrogens (primary N) is 1. The van der Waals surface area contributed by atoms with Crippen LogP contribution in [0.3, 0.4) is 0 Å². The van der Waals surface area contributed by atoms with Gasteiger partial charge in [0.05, 0.1) is 13.7 Å². The lowest BCUT2D eigenvalue weighted by atomic mass is 10.1. The number of hydrogen-bond donors (Lipinski definition) is 3. The second-order valence-corrected chi connectivity index (χ2v) is 5.21. The summed E-state index contributed by atoms with van der Waals surface area (Å²) in [7, 11) is 3.35. The molecule has 23 heavy (non-hydrogen) atoms. The minimum absolute atomic E-state index is 0. The fourth-order valence-corrected chi connectivity index (χ4v) is 2.47. The van der Waals surface area contributed by atoms with Crippen LogP contribution in [0.15, 0.2) is 29.4 Å². The maximum absolute atomic E-state index is 5.86. The number of methoxy groups -OCH3 is 2. The van der Waals surface area contributed by atoms with E-state index < -0.39 is 0 Å². The van der Waals surface area contributed by atoms with Crippen LogP contribution in [-0.2, 0) is 11.2 Å². The summed E-state index contributed by atoms with van der Waals surface area (Å²) in [4.78, 5) is 7.61. The third-order valence-electron chi connectivity index (χ3n) is 3.44. The van der Waals surface area contributed by atoms with E-state index in [2.05, 4.69) is 15.3 Å². The van der Waals surface area contributed by atoms with Crippen LogP contribution in [0.5, 0.6) is 5.75 Å². The maximum atomic E-state index is 5.86. The van der Waals surface area contributed by atoms with Crippen LogP contribution in [0.25, 0.3) is 10.9 Å². The van der Waals surface area contributed by atoms with Crippen LogP contribution in [0, 0.1) is 0 Å². The Morgan fingerprint density at radius 2 is 2.17 bits per heavy atom. The van der Waals surface area contributed by atoms with Gasteiger partial charge in [0.25, 0.3) is 0 Å². The molecule has 1 aromatic carbocycles. The number of rotatable bonds is 7. The Kier molecular flexibility index (Phi) is 8.18. The molecular weight excluding hydrogens is 407 g/mol. The van der Waals surface area contributed by atoms with Crippen molar-refractivity contribution in [2.45, 2.75) is 19.4 Å². The first-order valence-electron chi connectivity index (χ1n) is 7.34. The number of aromatic amines is 1. The zero-order chi connectivity index (χ0) is 15.9. The van der Waals surface area contributed by atoms with Gasteiger partial charge in [-0.1, -0.05) is 6.07 Å². The molecule has 0 aliphatic rings. The van der Waals surface area contributed by atoms with Gasteiger partial charge in [0.2, 0.25) is 0 Å². The first-order chi connectivity index (χ1) is 10.7. The highest BCUT2D eigenvalue weighted by Crippen LogP contribution is 2.28. The fourth-order valence-electron chi connectivity index (χ4n) is 2.47. The summed E-state index contributed by atoms with van der Waals surface area (Å²) in [5.41, 5.74) is 8.11. The summed E-state index contributed by atoms with van der Waals surface area (Å²) in [5, 5.41) is 4.20. The minimum atomic E-state index is 0. The Balaban J connectivity index is 0.00000264. The zero-order valence-electron chi connectivity index (χ0n) is 13.8. The van der Waals surface area contributed by atoms with Crippen molar-refractivity contribution in [1.82, 2.24) is 10.3 Å². The van der Waals surface area contributed by atoms with Crippen molar-refractivity contribution in [3.63, 3.8) is 0 Å². The molecule has 4 N–H and O–H groups in total. The highest BCUT2D eigenvalue weighted by Gasteiger charge is 2.08. The molecule has 7 heteroatoms. The molecule has 0 spiro atoms. The van der Waals surface area contributed by atoms with Crippen molar-refractivity contribution in [3.8, 4) is 5.75 Å². The Morgan fingerprint density at radius 3 is 2.87 bits per heavy atom. The average molecular weight is 432 g/mol. The molecule has 0 bridgehead atoms. The smallest absolute Gasteiger partial charge is 0.188 e. The van der Waals surface area contributed by atoms with Gasteiger partial charge in [0.15, 0.2) is 5.96 Å². The largest absolute Gasteiger partial charge is 0.496 e. The van der Waals surface area contributed by atoms with E-state index in [4.69, 9.17) is 15.2 Å². The minimum Gasteiger partial charge on any atom is -0.496 e. The predicted molar refractivity (Wildman–Crippen MR) is 105 cm³/mol. The lowest BCUT2D eigenvalue weighted by molar-refractivity contribution is 0.179. The van der Waals surface area contributed by atoms with Crippen LogP contribution in [0.2, 0.25) is 0 Å². The van der Waals surface area contributed by atoms with E-state index in [1.54, 1.807) is 14.2 Å². The third-order valence-corrected chi connectivity index (χ3v) is 3.44. The molecule has 1 unspecified atom stereocenters. The first-order valence-corrected chi connectivity index (χ1v) is 7.34. The number of benzene rings is 1. The summed E-state index contributed by atoms with van der Waals surface area (Å²) >= 11 is 0. The van der Waals surface area contributed by atoms with Crippen molar-refractivity contribution in [3.05, 3.63) is 30.0 Å². The van der Waals surface area contributed by atoms with Gasteiger partial charge in [-0.15, -0.1) is 24.0 Å². The third kappa shape index (κ3) is 5.28. The van der Waals surface area contributed by atoms with Gasteiger partial charge < -0.3 is 25.5 Å². The Morgan fingerprint density at radius 1 is 1.39 bits per heavy atom. The molecule has 0 radical (unpaired) electrons.